The molecule has 9 nitrogen and oxygen atoms in total. The normalized spacial score (nSPS) is 20.1. The molecule has 3 rings (SSSR count). The summed E-state index contributed by atoms with van der Waals surface area (Å²) in [7, 11) is 0. The molecular formula is C25H34BrN5O4. The van der Waals surface area contributed by atoms with Crippen molar-refractivity contribution in [2.24, 2.45) is 0 Å². The summed E-state index contributed by atoms with van der Waals surface area (Å²) in [5.74, 6) is -0.573. The van der Waals surface area contributed by atoms with Crippen LogP contribution in [-0.2, 0) is 14.3 Å². The summed E-state index contributed by atoms with van der Waals surface area (Å²) < 4.78 is 6.17. The van der Waals surface area contributed by atoms with Crippen molar-refractivity contribution in [1.82, 2.24) is 26.1 Å². The molecule has 2 aromatic rings. The van der Waals surface area contributed by atoms with E-state index in [-0.39, 0.29) is 17.9 Å². The average Bonchev–Trinajstić information content (AvgIpc) is 2.76. The molecule has 35 heavy (non-hydrogen) atoms. The number of benzene rings is 1. The maximum absolute atomic E-state index is 13.3. The van der Waals surface area contributed by atoms with Crippen LogP contribution in [0.15, 0.2) is 34.8 Å². The Hall–Kier alpha value is -2.72. The van der Waals surface area contributed by atoms with E-state index >= 15 is 0 Å². The SMILES string of the molecule is CC(NC(=O)OC(C)(C)C)C(=O)N1CCCC(C)(C(=O)N[C@H](C)c2ccc3ccc(Br)cc3n2)N1. The Balaban J connectivity index is 1.64. The summed E-state index contributed by atoms with van der Waals surface area (Å²) in [4.78, 5) is 43.0. The van der Waals surface area contributed by atoms with Gasteiger partial charge in [0.05, 0.1) is 17.3 Å². The van der Waals surface area contributed by atoms with E-state index in [0.29, 0.717) is 19.4 Å². The maximum Gasteiger partial charge on any atom is 0.408 e. The van der Waals surface area contributed by atoms with Crippen LogP contribution in [0.3, 0.4) is 0 Å². The second-order valence-corrected chi connectivity index (χ2v) is 11.1. The van der Waals surface area contributed by atoms with Gasteiger partial charge in [0.25, 0.3) is 5.91 Å². The van der Waals surface area contributed by atoms with Gasteiger partial charge < -0.3 is 15.4 Å². The Morgan fingerprint density at radius 3 is 2.54 bits per heavy atom. The standard InChI is InChI=1S/C25H34BrN5O4/c1-15(19-11-9-17-8-10-18(26)14-20(17)29-19)27-22(33)25(6)12-7-13-31(30-25)21(32)16(2)28-23(34)35-24(3,4)5/h8-11,14-16,30H,7,12-13H2,1-6H3,(H,27,33)(H,28,34)/t15-,16?,25?/m1/s1. The van der Waals surface area contributed by atoms with Crippen molar-refractivity contribution in [2.75, 3.05) is 6.54 Å². The Morgan fingerprint density at radius 1 is 1.17 bits per heavy atom. The quantitative estimate of drug-likeness (QED) is 0.522. The monoisotopic (exact) mass is 547 g/mol. The summed E-state index contributed by atoms with van der Waals surface area (Å²) >= 11 is 3.47. The first-order valence-corrected chi connectivity index (χ1v) is 12.5. The van der Waals surface area contributed by atoms with E-state index in [1.165, 1.54) is 5.01 Å². The number of ether oxygens (including phenoxy) is 1. The topological polar surface area (TPSA) is 113 Å². The van der Waals surface area contributed by atoms with E-state index in [1.807, 2.05) is 37.3 Å². The Kier molecular flexibility index (Phi) is 8.06. The lowest BCUT2D eigenvalue weighted by molar-refractivity contribution is -0.145. The highest BCUT2D eigenvalue weighted by atomic mass is 79.9. The second-order valence-electron chi connectivity index (χ2n) is 10.2. The van der Waals surface area contributed by atoms with Crippen LogP contribution in [0.5, 0.6) is 0 Å². The molecule has 3 amide bonds. The molecule has 1 saturated heterocycles. The number of hydrazine groups is 1. The number of carbonyl (C=O) groups excluding carboxylic acids is 3. The van der Waals surface area contributed by atoms with Crippen molar-refractivity contribution in [3.63, 3.8) is 0 Å². The third-order valence-electron chi connectivity index (χ3n) is 5.78. The number of carbonyl (C=O) groups is 3. The van der Waals surface area contributed by atoms with Crippen LogP contribution in [-0.4, -0.2) is 51.6 Å². The van der Waals surface area contributed by atoms with E-state index in [9.17, 15) is 14.4 Å². The molecule has 0 aliphatic carbocycles. The molecule has 190 valence electrons. The number of hydrogen-bond acceptors (Lipinski definition) is 6. The number of nitrogens with zero attached hydrogens (tertiary/aromatic N) is 2. The summed E-state index contributed by atoms with van der Waals surface area (Å²) in [5.41, 5.74) is 3.00. The lowest BCUT2D eigenvalue weighted by Gasteiger charge is -2.41. The Labute approximate surface area is 214 Å². The van der Waals surface area contributed by atoms with E-state index in [0.717, 1.165) is 21.1 Å². The smallest absolute Gasteiger partial charge is 0.408 e. The zero-order valence-electron chi connectivity index (χ0n) is 21.1. The molecule has 1 aliphatic heterocycles. The van der Waals surface area contributed by atoms with Crippen molar-refractivity contribution in [3.05, 3.63) is 40.5 Å². The number of aromatic nitrogens is 1. The van der Waals surface area contributed by atoms with Gasteiger partial charge in [-0.2, -0.15) is 0 Å². The van der Waals surface area contributed by atoms with Gasteiger partial charge in [-0.05, 0) is 72.6 Å². The predicted molar refractivity (Wildman–Crippen MR) is 137 cm³/mol. The summed E-state index contributed by atoms with van der Waals surface area (Å²) in [6, 6.07) is 8.61. The van der Waals surface area contributed by atoms with E-state index in [1.54, 1.807) is 34.6 Å². The molecule has 1 fully saturated rings. The molecule has 0 saturated carbocycles. The fraction of sp³-hybridized carbons (Fsp3) is 0.520. The van der Waals surface area contributed by atoms with Crippen LogP contribution in [0.4, 0.5) is 4.79 Å². The highest BCUT2D eigenvalue weighted by molar-refractivity contribution is 9.10. The number of fused-ring (bicyclic) bond motifs is 1. The number of pyridine rings is 1. The summed E-state index contributed by atoms with van der Waals surface area (Å²) in [6.45, 7) is 10.9. The van der Waals surface area contributed by atoms with Crippen LogP contribution >= 0.6 is 15.9 Å². The van der Waals surface area contributed by atoms with Crippen molar-refractivity contribution in [3.8, 4) is 0 Å². The maximum atomic E-state index is 13.3. The molecule has 2 unspecified atom stereocenters. The van der Waals surface area contributed by atoms with Gasteiger partial charge in [-0.25, -0.2) is 10.2 Å². The van der Waals surface area contributed by atoms with Crippen molar-refractivity contribution >= 4 is 44.7 Å². The third kappa shape index (κ3) is 6.91. The summed E-state index contributed by atoms with van der Waals surface area (Å²) in [5, 5.41) is 8.00. The van der Waals surface area contributed by atoms with Gasteiger partial charge in [0.15, 0.2) is 0 Å². The fourth-order valence-electron chi connectivity index (χ4n) is 3.89. The molecule has 1 aromatic heterocycles. The van der Waals surface area contributed by atoms with Gasteiger partial charge >= 0.3 is 6.09 Å². The Morgan fingerprint density at radius 2 is 1.86 bits per heavy atom. The number of amides is 3. The van der Waals surface area contributed by atoms with Crippen molar-refractivity contribution in [1.29, 1.82) is 0 Å². The van der Waals surface area contributed by atoms with Crippen LogP contribution in [0.2, 0.25) is 0 Å². The number of alkyl carbamates (subject to hydrolysis) is 1. The van der Waals surface area contributed by atoms with Crippen molar-refractivity contribution < 1.29 is 19.1 Å². The van der Waals surface area contributed by atoms with Crippen molar-refractivity contribution in [2.45, 2.75) is 77.6 Å². The van der Waals surface area contributed by atoms with Gasteiger partial charge in [0.2, 0.25) is 5.91 Å². The molecule has 2 heterocycles. The lowest BCUT2D eigenvalue weighted by atomic mass is 9.92. The van der Waals surface area contributed by atoms with Crippen LogP contribution in [0, 0.1) is 0 Å². The van der Waals surface area contributed by atoms with E-state index in [2.05, 4.69) is 32.0 Å². The molecule has 10 heteroatoms. The molecular weight excluding hydrogens is 514 g/mol. The van der Waals surface area contributed by atoms with Gasteiger partial charge in [0.1, 0.15) is 17.2 Å². The number of rotatable bonds is 5. The molecule has 0 bridgehead atoms. The summed E-state index contributed by atoms with van der Waals surface area (Å²) in [6.07, 6.45) is 0.527. The van der Waals surface area contributed by atoms with Crippen LogP contribution in [0.1, 0.15) is 66.1 Å². The van der Waals surface area contributed by atoms with Crippen LogP contribution < -0.4 is 16.1 Å². The largest absolute Gasteiger partial charge is 0.444 e. The fourth-order valence-corrected chi connectivity index (χ4v) is 4.24. The first-order valence-electron chi connectivity index (χ1n) is 11.7. The first kappa shape index (κ1) is 26.9. The lowest BCUT2D eigenvalue weighted by Crippen LogP contribution is -2.66. The van der Waals surface area contributed by atoms with Crippen LogP contribution in [0.25, 0.3) is 10.9 Å². The average molecular weight is 548 g/mol. The third-order valence-corrected chi connectivity index (χ3v) is 6.27. The highest BCUT2D eigenvalue weighted by Crippen LogP contribution is 2.23. The van der Waals surface area contributed by atoms with Gasteiger partial charge in [0, 0.05) is 16.4 Å². The number of hydrogen-bond donors (Lipinski definition) is 3. The zero-order chi connectivity index (χ0) is 26.0. The molecule has 0 spiro atoms. The molecule has 1 aliphatic rings. The number of nitrogens with one attached hydrogen (secondary N) is 3. The minimum absolute atomic E-state index is 0.230. The molecule has 3 atom stereocenters. The second kappa shape index (κ2) is 10.5. The van der Waals surface area contributed by atoms with Gasteiger partial charge in [-0.1, -0.05) is 28.1 Å². The van der Waals surface area contributed by atoms with Gasteiger partial charge in [-0.3, -0.25) is 19.6 Å². The molecule has 1 aromatic carbocycles. The predicted octanol–water partition coefficient (Wildman–Crippen LogP) is 3.97. The first-order chi connectivity index (χ1) is 16.3. The molecule has 0 radical (unpaired) electrons. The minimum Gasteiger partial charge on any atom is -0.444 e. The van der Waals surface area contributed by atoms with Gasteiger partial charge in [-0.15, -0.1) is 0 Å². The molecule has 3 N–H and O–H groups in total. The zero-order valence-corrected chi connectivity index (χ0v) is 22.7. The minimum atomic E-state index is -0.992. The number of halogens is 1. The van der Waals surface area contributed by atoms with E-state index in [4.69, 9.17) is 9.72 Å². The Bertz CT molecular complexity index is 1120. The van der Waals surface area contributed by atoms with E-state index < -0.39 is 23.3 Å². The highest BCUT2D eigenvalue weighted by Gasteiger charge is 2.40.